The Balaban J connectivity index is 2.65. The standard InChI is InChI=1S/C14H15NO2/c1-9-4-5-12(8-10(9)2)15-7-6-13(16)14(17)11(15)3/h4-8,17H,1-3H3. The zero-order valence-electron chi connectivity index (χ0n) is 10.2. The van der Waals surface area contributed by atoms with Crippen molar-refractivity contribution in [2.24, 2.45) is 0 Å². The summed E-state index contributed by atoms with van der Waals surface area (Å²) in [6.07, 6.45) is 1.68. The van der Waals surface area contributed by atoms with Gasteiger partial charge in [-0.15, -0.1) is 0 Å². The Morgan fingerprint density at radius 2 is 1.76 bits per heavy atom. The maximum Gasteiger partial charge on any atom is 0.223 e. The van der Waals surface area contributed by atoms with Crippen LogP contribution < -0.4 is 5.43 Å². The minimum absolute atomic E-state index is 0.189. The largest absolute Gasteiger partial charge is 0.503 e. The summed E-state index contributed by atoms with van der Waals surface area (Å²) >= 11 is 0. The molecule has 0 aliphatic rings. The van der Waals surface area contributed by atoms with E-state index in [0.29, 0.717) is 5.69 Å². The molecule has 1 N–H and O–H groups in total. The molecule has 0 spiro atoms. The number of aryl methyl sites for hydroxylation is 2. The van der Waals surface area contributed by atoms with Crippen molar-refractivity contribution in [3.05, 3.63) is 57.5 Å². The van der Waals surface area contributed by atoms with E-state index in [0.717, 1.165) is 5.69 Å². The molecular formula is C14H15NO2. The molecule has 1 heterocycles. The first-order valence-corrected chi connectivity index (χ1v) is 5.49. The van der Waals surface area contributed by atoms with Crippen molar-refractivity contribution in [1.29, 1.82) is 0 Å². The van der Waals surface area contributed by atoms with Crippen molar-refractivity contribution < 1.29 is 5.11 Å². The minimum atomic E-state index is -0.345. The van der Waals surface area contributed by atoms with Crippen molar-refractivity contribution in [2.75, 3.05) is 0 Å². The van der Waals surface area contributed by atoms with Gasteiger partial charge in [0.2, 0.25) is 5.43 Å². The van der Waals surface area contributed by atoms with Gasteiger partial charge in [-0.1, -0.05) is 6.07 Å². The van der Waals surface area contributed by atoms with E-state index in [2.05, 4.69) is 6.92 Å². The van der Waals surface area contributed by atoms with Gasteiger partial charge in [-0.3, -0.25) is 4.79 Å². The Bertz CT molecular complexity index is 627. The van der Waals surface area contributed by atoms with Gasteiger partial charge in [0.05, 0.1) is 5.69 Å². The van der Waals surface area contributed by atoms with Crippen LogP contribution in [0.3, 0.4) is 0 Å². The molecule has 0 saturated heterocycles. The molecule has 0 bridgehead atoms. The summed E-state index contributed by atoms with van der Waals surface area (Å²) in [5.74, 6) is -0.189. The van der Waals surface area contributed by atoms with E-state index >= 15 is 0 Å². The molecule has 1 aromatic heterocycles. The van der Waals surface area contributed by atoms with Crippen LogP contribution in [0.15, 0.2) is 35.3 Å². The van der Waals surface area contributed by atoms with E-state index in [4.69, 9.17) is 0 Å². The number of pyridine rings is 1. The molecule has 1 aromatic carbocycles. The molecule has 0 aliphatic carbocycles. The van der Waals surface area contributed by atoms with Crippen LogP contribution in [0.2, 0.25) is 0 Å². The van der Waals surface area contributed by atoms with Crippen molar-refractivity contribution >= 4 is 0 Å². The van der Waals surface area contributed by atoms with E-state index in [1.54, 1.807) is 13.1 Å². The summed E-state index contributed by atoms with van der Waals surface area (Å²) in [4.78, 5) is 11.3. The maximum atomic E-state index is 11.3. The summed E-state index contributed by atoms with van der Waals surface area (Å²) in [5.41, 5.74) is 3.56. The number of nitrogens with zero attached hydrogens (tertiary/aromatic N) is 1. The van der Waals surface area contributed by atoms with Gasteiger partial charge >= 0.3 is 0 Å². The summed E-state index contributed by atoms with van der Waals surface area (Å²) < 4.78 is 1.81. The van der Waals surface area contributed by atoms with E-state index in [-0.39, 0.29) is 11.2 Å². The quantitative estimate of drug-likeness (QED) is 0.816. The van der Waals surface area contributed by atoms with Crippen LogP contribution in [0.4, 0.5) is 0 Å². The molecule has 2 aromatic rings. The number of rotatable bonds is 1. The second kappa shape index (κ2) is 4.09. The smallest absolute Gasteiger partial charge is 0.223 e. The molecule has 0 amide bonds. The topological polar surface area (TPSA) is 42.2 Å². The van der Waals surface area contributed by atoms with Crippen LogP contribution in [-0.4, -0.2) is 9.67 Å². The van der Waals surface area contributed by atoms with E-state index in [1.165, 1.54) is 17.2 Å². The van der Waals surface area contributed by atoms with Crippen LogP contribution in [-0.2, 0) is 0 Å². The lowest BCUT2D eigenvalue weighted by Gasteiger charge is -2.13. The molecule has 3 nitrogen and oxygen atoms in total. The molecule has 0 unspecified atom stereocenters. The molecule has 0 aliphatic heterocycles. The normalized spacial score (nSPS) is 10.5. The summed E-state index contributed by atoms with van der Waals surface area (Å²) in [6.45, 7) is 5.82. The minimum Gasteiger partial charge on any atom is -0.503 e. The molecule has 0 fully saturated rings. The molecule has 0 atom stereocenters. The molecule has 0 radical (unpaired) electrons. The Labute approximate surface area is 100.0 Å². The van der Waals surface area contributed by atoms with Crippen molar-refractivity contribution in [1.82, 2.24) is 4.57 Å². The van der Waals surface area contributed by atoms with E-state index in [1.807, 2.05) is 29.7 Å². The SMILES string of the molecule is Cc1ccc(-n2ccc(=O)c(O)c2C)cc1C. The summed E-state index contributed by atoms with van der Waals surface area (Å²) in [7, 11) is 0. The Kier molecular flexibility index (Phi) is 2.76. The highest BCUT2D eigenvalue weighted by Crippen LogP contribution is 2.18. The van der Waals surface area contributed by atoms with Crippen LogP contribution in [0.25, 0.3) is 5.69 Å². The molecular weight excluding hydrogens is 214 g/mol. The van der Waals surface area contributed by atoms with Crippen molar-refractivity contribution in [3.8, 4) is 11.4 Å². The van der Waals surface area contributed by atoms with Crippen LogP contribution >= 0.6 is 0 Å². The van der Waals surface area contributed by atoms with Gasteiger partial charge in [-0.2, -0.15) is 0 Å². The first-order valence-electron chi connectivity index (χ1n) is 5.49. The number of benzene rings is 1. The van der Waals surface area contributed by atoms with Gasteiger partial charge < -0.3 is 9.67 Å². The van der Waals surface area contributed by atoms with Crippen molar-refractivity contribution in [3.63, 3.8) is 0 Å². The van der Waals surface area contributed by atoms with Gasteiger partial charge in [0.1, 0.15) is 0 Å². The zero-order chi connectivity index (χ0) is 12.6. The number of aromatic hydroxyl groups is 1. The second-order valence-electron chi connectivity index (χ2n) is 4.25. The third kappa shape index (κ3) is 1.96. The highest BCUT2D eigenvalue weighted by molar-refractivity contribution is 5.43. The predicted octanol–water partition coefficient (Wildman–Crippen LogP) is 2.47. The molecule has 3 heteroatoms. The first-order chi connectivity index (χ1) is 8.00. The Morgan fingerprint density at radius 3 is 2.41 bits per heavy atom. The lowest BCUT2D eigenvalue weighted by Crippen LogP contribution is -2.08. The molecule has 2 rings (SSSR count). The lowest BCUT2D eigenvalue weighted by atomic mass is 10.1. The van der Waals surface area contributed by atoms with Gasteiger partial charge in [0.25, 0.3) is 0 Å². The summed E-state index contributed by atoms with van der Waals surface area (Å²) in [6, 6.07) is 7.41. The highest BCUT2D eigenvalue weighted by atomic mass is 16.3. The van der Waals surface area contributed by atoms with Gasteiger partial charge in [-0.25, -0.2) is 0 Å². The molecule has 17 heavy (non-hydrogen) atoms. The second-order valence-corrected chi connectivity index (χ2v) is 4.25. The number of hydrogen-bond donors (Lipinski definition) is 1. The monoisotopic (exact) mass is 229 g/mol. The number of aromatic nitrogens is 1. The summed E-state index contributed by atoms with van der Waals surface area (Å²) in [5, 5.41) is 9.64. The van der Waals surface area contributed by atoms with Crippen LogP contribution in [0.5, 0.6) is 5.75 Å². The van der Waals surface area contributed by atoms with Crippen LogP contribution in [0, 0.1) is 20.8 Å². The molecule has 88 valence electrons. The fourth-order valence-electron chi connectivity index (χ4n) is 1.78. The van der Waals surface area contributed by atoms with Crippen LogP contribution in [0.1, 0.15) is 16.8 Å². The maximum absolute atomic E-state index is 11.3. The Hall–Kier alpha value is -2.03. The lowest BCUT2D eigenvalue weighted by molar-refractivity contribution is 0.459. The average molecular weight is 229 g/mol. The molecule has 0 saturated carbocycles. The third-order valence-corrected chi connectivity index (χ3v) is 3.08. The Morgan fingerprint density at radius 1 is 1.06 bits per heavy atom. The van der Waals surface area contributed by atoms with Gasteiger partial charge in [0.15, 0.2) is 5.75 Å². The highest BCUT2D eigenvalue weighted by Gasteiger charge is 2.07. The van der Waals surface area contributed by atoms with Gasteiger partial charge in [-0.05, 0) is 44.0 Å². The van der Waals surface area contributed by atoms with Gasteiger partial charge in [0, 0.05) is 18.0 Å². The average Bonchev–Trinajstić information content (AvgIpc) is 2.30. The van der Waals surface area contributed by atoms with Crippen molar-refractivity contribution in [2.45, 2.75) is 20.8 Å². The number of hydrogen-bond acceptors (Lipinski definition) is 2. The predicted molar refractivity (Wildman–Crippen MR) is 67.9 cm³/mol. The third-order valence-electron chi connectivity index (χ3n) is 3.08. The zero-order valence-corrected chi connectivity index (χ0v) is 10.2. The fourth-order valence-corrected chi connectivity index (χ4v) is 1.78. The van der Waals surface area contributed by atoms with E-state index in [9.17, 15) is 9.90 Å². The van der Waals surface area contributed by atoms with E-state index < -0.39 is 0 Å². The fraction of sp³-hybridized carbons (Fsp3) is 0.214. The first kappa shape index (κ1) is 11.5.